The molecule has 1 rings (SSSR count). The second-order valence-corrected chi connectivity index (χ2v) is 5.53. The minimum absolute atomic E-state index is 0. The maximum absolute atomic E-state index is 5.59. The fraction of sp³-hybridized carbons (Fsp3) is 1.00. The van der Waals surface area contributed by atoms with E-state index in [9.17, 15) is 0 Å². The minimum atomic E-state index is 0. The Labute approximate surface area is 139 Å². The molecule has 0 spiro atoms. The highest BCUT2D eigenvalue weighted by molar-refractivity contribution is 4.66. The molecule has 1 aliphatic heterocycles. The molecular formula is C17H41N3O2. The number of nitrogens with one attached hydrogen (secondary N) is 2. The van der Waals surface area contributed by atoms with Gasteiger partial charge in [-0.25, -0.2) is 0 Å². The summed E-state index contributed by atoms with van der Waals surface area (Å²) in [5.41, 5.74) is 0. The highest BCUT2D eigenvalue weighted by Crippen LogP contribution is 1.96. The van der Waals surface area contributed by atoms with Crippen LogP contribution in [-0.2, 0) is 9.47 Å². The highest BCUT2D eigenvalue weighted by atomic mass is 16.5. The third-order valence-electron chi connectivity index (χ3n) is 3.75. The summed E-state index contributed by atoms with van der Waals surface area (Å²) < 4.78 is 11.1. The first-order valence-electron chi connectivity index (χ1n) is 9.12. The van der Waals surface area contributed by atoms with Gasteiger partial charge in [0.1, 0.15) is 0 Å². The summed E-state index contributed by atoms with van der Waals surface area (Å²) in [5, 5.41) is 6.75. The van der Waals surface area contributed by atoms with Gasteiger partial charge in [0.05, 0.1) is 26.4 Å². The molecular weight excluding hydrogens is 278 g/mol. The van der Waals surface area contributed by atoms with Crippen LogP contribution in [0, 0.1) is 5.92 Å². The van der Waals surface area contributed by atoms with Gasteiger partial charge in [-0.2, -0.15) is 0 Å². The Kier molecular flexibility index (Phi) is 17.0. The van der Waals surface area contributed by atoms with Gasteiger partial charge in [0.15, 0.2) is 0 Å². The van der Waals surface area contributed by atoms with Crippen molar-refractivity contribution in [3.63, 3.8) is 0 Å². The summed E-state index contributed by atoms with van der Waals surface area (Å²) in [6, 6.07) is 0. The van der Waals surface area contributed by atoms with Gasteiger partial charge in [0.2, 0.25) is 0 Å². The molecule has 22 heavy (non-hydrogen) atoms. The topological polar surface area (TPSA) is 45.8 Å². The quantitative estimate of drug-likeness (QED) is 0.537. The lowest BCUT2D eigenvalue weighted by molar-refractivity contribution is 0.0382. The summed E-state index contributed by atoms with van der Waals surface area (Å²) in [5.74, 6) is 0.753. The molecule has 1 unspecified atom stereocenters. The molecule has 0 aromatic carbocycles. The molecule has 0 aliphatic carbocycles. The van der Waals surface area contributed by atoms with E-state index in [0.29, 0.717) is 13.2 Å². The Balaban J connectivity index is 0. The van der Waals surface area contributed by atoms with E-state index in [1.807, 2.05) is 13.8 Å². The van der Waals surface area contributed by atoms with E-state index in [1.54, 1.807) is 0 Å². The maximum Gasteiger partial charge on any atom is 0.0701 e. The molecule has 0 saturated carbocycles. The minimum Gasteiger partial charge on any atom is -0.378 e. The zero-order chi connectivity index (χ0) is 16.5. The van der Waals surface area contributed by atoms with Crippen LogP contribution < -0.4 is 10.6 Å². The average molecular weight is 320 g/mol. The standard InChI is InChI=1S/C15H33N3O2.C2H6.H2/c1-3-15(2)14-17-6-10-19-12-13-20-11-9-18-7-4-16-5-8-18;1-2;/h15-17H,3-14H2,1-2H3;1-2H3;1H. The molecule has 5 heteroatoms. The van der Waals surface area contributed by atoms with Gasteiger partial charge in [-0.05, 0) is 12.5 Å². The normalized spacial score (nSPS) is 16.9. The van der Waals surface area contributed by atoms with E-state index in [-0.39, 0.29) is 1.43 Å². The van der Waals surface area contributed by atoms with Gasteiger partial charge in [-0.1, -0.05) is 34.1 Å². The van der Waals surface area contributed by atoms with E-state index in [0.717, 1.165) is 64.9 Å². The fourth-order valence-corrected chi connectivity index (χ4v) is 2.09. The van der Waals surface area contributed by atoms with E-state index < -0.39 is 0 Å². The predicted molar refractivity (Wildman–Crippen MR) is 96.7 cm³/mol. The van der Waals surface area contributed by atoms with Crippen molar-refractivity contribution in [3.8, 4) is 0 Å². The van der Waals surface area contributed by atoms with Crippen LogP contribution >= 0.6 is 0 Å². The van der Waals surface area contributed by atoms with Crippen molar-refractivity contribution in [1.29, 1.82) is 0 Å². The highest BCUT2D eigenvalue weighted by Gasteiger charge is 2.08. The Bertz CT molecular complexity index is 218. The molecule has 1 aliphatic rings. The number of nitrogens with zero attached hydrogens (tertiary/aromatic N) is 1. The summed E-state index contributed by atoms with van der Waals surface area (Å²) in [4.78, 5) is 2.44. The van der Waals surface area contributed by atoms with Gasteiger partial charge in [-0.3, -0.25) is 4.90 Å². The summed E-state index contributed by atoms with van der Waals surface area (Å²) in [6.45, 7) is 19.0. The van der Waals surface area contributed by atoms with E-state index in [2.05, 4.69) is 29.4 Å². The van der Waals surface area contributed by atoms with Gasteiger partial charge >= 0.3 is 0 Å². The molecule has 1 heterocycles. The fourth-order valence-electron chi connectivity index (χ4n) is 2.09. The Hall–Kier alpha value is -0.200. The average Bonchev–Trinajstić information content (AvgIpc) is 2.59. The molecule has 5 nitrogen and oxygen atoms in total. The first kappa shape index (κ1) is 21.8. The first-order valence-corrected chi connectivity index (χ1v) is 9.12. The molecule has 0 aromatic rings. The molecule has 136 valence electrons. The lowest BCUT2D eigenvalue weighted by atomic mass is 10.1. The molecule has 0 radical (unpaired) electrons. The number of hydrogen-bond donors (Lipinski definition) is 2. The monoisotopic (exact) mass is 319 g/mol. The van der Waals surface area contributed by atoms with Gasteiger partial charge < -0.3 is 20.1 Å². The van der Waals surface area contributed by atoms with Crippen LogP contribution in [0.3, 0.4) is 0 Å². The van der Waals surface area contributed by atoms with Crippen LogP contribution in [0.15, 0.2) is 0 Å². The number of ether oxygens (including phenoxy) is 2. The van der Waals surface area contributed by atoms with Crippen LogP contribution in [0.5, 0.6) is 0 Å². The van der Waals surface area contributed by atoms with Crippen molar-refractivity contribution in [2.75, 3.05) is 72.2 Å². The van der Waals surface area contributed by atoms with Crippen molar-refractivity contribution in [3.05, 3.63) is 0 Å². The van der Waals surface area contributed by atoms with Gasteiger partial charge in [0.25, 0.3) is 0 Å². The number of piperazine rings is 1. The lowest BCUT2D eigenvalue weighted by Gasteiger charge is -2.26. The largest absolute Gasteiger partial charge is 0.378 e. The van der Waals surface area contributed by atoms with Crippen molar-refractivity contribution in [2.24, 2.45) is 5.92 Å². The first-order chi connectivity index (χ1) is 10.8. The van der Waals surface area contributed by atoms with E-state index >= 15 is 0 Å². The summed E-state index contributed by atoms with van der Waals surface area (Å²) in [7, 11) is 0. The molecule has 2 N–H and O–H groups in total. The van der Waals surface area contributed by atoms with Crippen LogP contribution in [0.1, 0.15) is 35.5 Å². The third kappa shape index (κ3) is 13.5. The van der Waals surface area contributed by atoms with Crippen LogP contribution in [0.4, 0.5) is 0 Å². The van der Waals surface area contributed by atoms with Crippen molar-refractivity contribution >= 4 is 0 Å². The second kappa shape index (κ2) is 17.2. The molecule has 1 saturated heterocycles. The van der Waals surface area contributed by atoms with Crippen molar-refractivity contribution < 1.29 is 10.9 Å². The van der Waals surface area contributed by atoms with Crippen LogP contribution in [0.25, 0.3) is 0 Å². The lowest BCUT2D eigenvalue weighted by Crippen LogP contribution is -2.44. The Morgan fingerprint density at radius 3 is 2.36 bits per heavy atom. The smallest absolute Gasteiger partial charge is 0.0701 e. The molecule has 0 amide bonds. The second-order valence-electron chi connectivity index (χ2n) is 5.53. The zero-order valence-corrected chi connectivity index (χ0v) is 15.3. The van der Waals surface area contributed by atoms with E-state index in [4.69, 9.17) is 9.47 Å². The van der Waals surface area contributed by atoms with Crippen molar-refractivity contribution in [2.45, 2.75) is 34.1 Å². The third-order valence-corrected chi connectivity index (χ3v) is 3.75. The number of rotatable bonds is 12. The summed E-state index contributed by atoms with van der Waals surface area (Å²) in [6.07, 6.45) is 1.23. The molecule has 1 fully saturated rings. The number of hydrogen-bond acceptors (Lipinski definition) is 5. The zero-order valence-electron chi connectivity index (χ0n) is 15.3. The maximum atomic E-state index is 5.59. The molecule has 0 aromatic heterocycles. The Morgan fingerprint density at radius 1 is 1.09 bits per heavy atom. The van der Waals surface area contributed by atoms with Gasteiger partial charge in [-0.15, -0.1) is 0 Å². The molecule has 1 atom stereocenters. The van der Waals surface area contributed by atoms with Crippen LogP contribution in [-0.4, -0.2) is 77.1 Å². The SMILES string of the molecule is CC.CCC(C)CNCCOCCOCCN1CCNCC1.[HH]. The van der Waals surface area contributed by atoms with Gasteiger partial charge in [0, 0.05) is 40.7 Å². The van der Waals surface area contributed by atoms with Crippen LogP contribution in [0.2, 0.25) is 0 Å². The Morgan fingerprint density at radius 2 is 1.73 bits per heavy atom. The molecule has 0 bridgehead atoms. The van der Waals surface area contributed by atoms with Crippen molar-refractivity contribution in [1.82, 2.24) is 15.5 Å². The van der Waals surface area contributed by atoms with E-state index in [1.165, 1.54) is 6.42 Å². The summed E-state index contributed by atoms with van der Waals surface area (Å²) >= 11 is 0. The predicted octanol–water partition coefficient (Wildman–Crippen LogP) is 1.83.